The van der Waals surface area contributed by atoms with Crippen LogP contribution < -0.4 is 4.74 Å². The molecule has 8 aromatic rings. The van der Waals surface area contributed by atoms with Crippen LogP contribution in [0.1, 0.15) is 103 Å². The molecule has 4 heterocycles. The van der Waals surface area contributed by atoms with Gasteiger partial charge in [0, 0.05) is 0 Å². The summed E-state index contributed by atoms with van der Waals surface area (Å²) in [5, 5.41) is 2.21. The van der Waals surface area contributed by atoms with E-state index < -0.39 is 23.2 Å². The molecule has 0 aliphatic rings. The van der Waals surface area contributed by atoms with Gasteiger partial charge in [-0.15, -0.1) is 0 Å². The second-order valence-corrected chi connectivity index (χ2v) is 26.2. The number of hydrogen-bond acceptors (Lipinski definition) is 3. The van der Waals surface area contributed by atoms with Crippen LogP contribution in [0.15, 0.2) is 109 Å². The summed E-state index contributed by atoms with van der Waals surface area (Å²) in [4.78, 5) is 9.98. The van der Waals surface area contributed by atoms with E-state index in [0.717, 1.165) is 79.6 Å². The van der Waals surface area contributed by atoms with E-state index in [2.05, 4.69) is 97.0 Å². The number of benzene rings is 4. The number of aromatic nitrogens is 2. The molecule has 11 heteroatoms. The molecule has 8 rings (SSSR count). The van der Waals surface area contributed by atoms with Crippen molar-refractivity contribution in [2.45, 2.75) is 119 Å². The summed E-state index contributed by atoms with van der Waals surface area (Å²) in [6.45, 7) is 22.1. The molecule has 0 unspecified atom stereocenters. The molecule has 360 valence electrons. The molecule has 0 atom stereocenters. The van der Waals surface area contributed by atoms with E-state index in [1.54, 1.807) is 0 Å². The minimum absolute atomic E-state index is 0.0845. The maximum absolute atomic E-state index is 13.8. The third-order valence-corrected chi connectivity index (χ3v) is 18.7. The molecule has 69 heavy (non-hydrogen) atoms. The van der Waals surface area contributed by atoms with E-state index in [-0.39, 0.29) is 52.7 Å². The van der Waals surface area contributed by atoms with Crippen LogP contribution in [0.5, 0.6) is 11.5 Å². The Balaban J connectivity index is 1.16. The summed E-state index contributed by atoms with van der Waals surface area (Å²) in [5.74, 6) is 1.36. The van der Waals surface area contributed by atoms with Gasteiger partial charge < -0.3 is 0 Å². The second kappa shape index (κ2) is 18.0. The zero-order valence-corrected chi connectivity index (χ0v) is 44.6. The summed E-state index contributed by atoms with van der Waals surface area (Å²) >= 11 is -0.249. The first kappa shape index (κ1) is 50.5. The van der Waals surface area contributed by atoms with E-state index >= 15 is 0 Å². The summed E-state index contributed by atoms with van der Waals surface area (Å²) < 4.78 is 94.1. The number of nitrogens with zero attached hydrogens (tertiary/aromatic N) is 2. The van der Waals surface area contributed by atoms with Gasteiger partial charge in [-0.2, -0.15) is 0 Å². The number of fused-ring (bicyclic) bond motifs is 2. The quantitative estimate of drug-likeness (QED) is 0.101. The Hall–Kier alpha value is -4.92. The van der Waals surface area contributed by atoms with Crippen LogP contribution in [0.25, 0.3) is 61.8 Å². The average molecular weight is 1070 g/mol. The maximum atomic E-state index is 13.8. The van der Waals surface area contributed by atoms with Gasteiger partial charge in [-0.05, 0) is 0 Å². The third-order valence-electron chi connectivity index (χ3n) is 13.3. The first-order chi connectivity index (χ1) is 32.0. The Kier molecular flexibility index (Phi) is 13.2. The van der Waals surface area contributed by atoms with Gasteiger partial charge in [-0.3, -0.25) is 0 Å². The molecule has 0 N–H and O–H groups in total. The molecule has 4 aromatic heterocycles. The van der Waals surface area contributed by atoms with E-state index in [1.807, 2.05) is 67.8 Å². The van der Waals surface area contributed by atoms with Crippen molar-refractivity contribution in [2.24, 2.45) is 10.8 Å². The van der Waals surface area contributed by atoms with Gasteiger partial charge in [0.1, 0.15) is 0 Å². The van der Waals surface area contributed by atoms with Gasteiger partial charge in [0.15, 0.2) is 0 Å². The molecule has 0 amide bonds. The zero-order valence-electron chi connectivity index (χ0n) is 41.2. The van der Waals surface area contributed by atoms with Gasteiger partial charge in [0.2, 0.25) is 0 Å². The number of hydrogen-bond donors (Lipinski definition) is 0. The fourth-order valence-corrected chi connectivity index (χ4v) is 13.7. The van der Waals surface area contributed by atoms with Gasteiger partial charge in [-0.25, -0.2) is 0 Å². The Morgan fingerprint density at radius 1 is 0.507 bits per heavy atom. The van der Waals surface area contributed by atoms with Crippen LogP contribution in [0, 0.1) is 24.7 Å². The summed E-state index contributed by atoms with van der Waals surface area (Å²) in [6, 6.07) is 32.4. The van der Waals surface area contributed by atoms with E-state index in [9.17, 15) is 26.3 Å². The molecule has 0 saturated carbocycles. The number of halogens is 6. The molecule has 3 nitrogen and oxygen atoms in total. The van der Waals surface area contributed by atoms with E-state index in [1.165, 1.54) is 32.1 Å². The first-order valence-corrected chi connectivity index (χ1v) is 26.5. The number of rotatable bonds is 10. The molecule has 0 saturated heterocycles. The molecule has 0 spiro atoms. The van der Waals surface area contributed by atoms with Crippen molar-refractivity contribution >= 4 is 48.3 Å². The van der Waals surface area contributed by atoms with Crippen molar-refractivity contribution in [1.82, 2.24) is 9.97 Å². The first-order valence-electron chi connectivity index (χ1n) is 23.1. The Morgan fingerprint density at radius 3 is 1.57 bits per heavy atom. The zero-order chi connectivity index (χ0) is 50.2. The van der Waals surface area contributed by atoms with E-state index in [0.29, 0.717) is 22.6 Å². The fourth-order valence-electron chi connectivity index (χ4n) is 8.54. The fraction of sp³-hybridized carbons (Fsp3) is 0.345. The Morgan fingerprint density at radius 2 is 1.03 bits per heavy atom. The Labute approximate surface area is 413 Å². The SMILES string of the molecule is Cc1cc(-c2cc3ccnc(-c4cc(Oc5cc(-c6nccc7c(C)c(-c8ccc(CC(C)(C)C(F)(F)F)cc8)[se]c67)cc(C(C)(C)C)c5)cc(C(C)(C)C)c4)c3[se]2)ccc1CC(C)(C)C(F)(F)F. The molecule has 0 aliphatic carbocycles. The topological polar surface area (TPSA) is 35.0 Å². The summed E-state index contributed by atoms with van der Waals surface area (Å²) in [7, 11) is 0. The van der Waals surface area contributed by atoms with E-state index in [4.69, 9.17) is 14.7 Å². The predicted octanol–water partition coefficient (Wildman–Crippen LogP) is 16.8. The number of alkyl halides is 6. The number of ether oxygens (including phenoxy) is 1. The van der Waals surface area contributed by atoms with Crippen molar-refractivity contribution in [3.63, 3.8) is 0 Å². The third kappa shape index (κ3) is 10.4. The molecule has 0 fully saturated rings. The Bertz CT molecular complexity index is 3210. The number of aryl methyl sites for hydroxylation is 2. The number of pyridine rings is 2. The molecule has 0 radical (unpaired) electrons. The van der Waals surface area contributed by atoms with Crippen LogP contribution in [-0.4, -0.2) is 51.3 Å². The molecular formula is C58H58F6N2OSe2. The van der Waals surface area contributed by atoms with Crippen LogP contribution in [0.4, 0.5) is 26.3 Å². The average Bonchev–Trinajstić information content (AvgIpc) is 3.84. The van der Waals surface area contributed by atoms with Gasteiger partial charge in [0.25, 0.3) is 0 Å². The standard InChI is InChI=1S/C58H58F6N2OSe2/c1-33-23-37(17-18-39(33)32-56(11,12)58(62,63)64)47-28-38-19-21-65-48(51(38)68-47)40-24-42(53(3,4)5)29-44(26-40)67-45-27-41(25-43(30-45)54(6,7)8)49-52-46(20-22-66-49)34(2)50(69-52)36-15-13-35(14-16-36)31-55(9,10)57(59,60)61/h13-30H,31-32H2,1-12H3. The minimum atomic E-state index is -4.30. The monoisotopic (exact) mass is 1070 g/mol. The van der Waals surface area contributed by atoms with Crippen molar-refractivity contribution in [3.05, 3.63) is 143 Å². The van der Waals surface area contributed by atoms with Crippen LogP contribution in [0.3, 0.4) is 0 Å². The normalized spacial score (nSPS) is 13.2. The predicted molar refractivity (Wildman–Crippen MR) is 273 cm³/mol. The van der Waals surface area contributed by atoms with Crippen LogP contribution in [0.2, 0.25) is 0 Å². The van der Waals surface area contributed by atoms with Gasteiger partial charge in [-0.1, -0.05) is 0 Å². The second-order valence-electron chi connectivity index (χ2n) is 21.8. The molecule has 4 aromatic carbocycles. The molecular weight excluding hydrogens is 1010 g/mol. The van der Waals surface area contributed by atoms with Crippen molar-refractivity contribution < 1.29 is 31.1 Å². The van der Waals surface area contributed by atoms with Crippen molar-refractivity contribution in [1.29, 1.82) is 0 Å². The van der Waals surface area contributed by atoms with Crippen LogP contribution in [-0.2, 0) is 23.7 Å². The van der Waals surface area contributed by atoms with Crippen molar-refractivity contribution in [3.8, 4) is 54.0 Å². The van der Waals surface area contributed by atoms with Gasteiger partial charge in [0.05, 0.1) is 0 Å². The summed E-state index contributed by atoms with van der Waals surface area (Å²) in [6.07, 6.45) is -5.09. The molecule has 0 bridgehead atoms. The van der Waals surface area contributed by atoms with Gasteiger partial charge >= 0.3 is 416 Å². The van der Waals surface area contributed by atoms with Crippen molar-refractivity contribution in [2.75, 3.05) is 0 Å². The summed E-state index contributed by atoms with van der Waals surface area (Å²) in [5.41, 5.74) is 7.07. The van der Waals surface area contributed by atoms with Crippen LogP contribution >= 0.6 is 0 Å². The molecule has 0 aliphatic heterocycles.